The number of nitrogens with one attached hydrogen (secondary N) is 1. The first-order chi connectivity index (χ1) is 8.81. The number of carboxylic acid groups (broad SMARTS) is 1. The van der Waals surface area contributed by atoms with Crippen LogP contribution in [0.5, 0.6) is 0 Å². The van der Waals surface area contributed by atoms with Gasteiger partial charge in [0.25, 0.3) is 5.91 Å². The number of nitrogens with two attached hydrogens (primary N) is 1. The summed E-state index contributed by atoms with van der Waals surface area (Å²) < 4.78 is 0.536. The first-order valence-electron chi connectivity index (χ1n) is 5.91. The Kier molecular flexibility index (Phi) is 4.94. The maximum atomic E-state index is 11.5. The number of hydrogen-bond acceptors (Lipinski definition) is 3. The van der Waals surface area contributed by atoms with Gasteiger partial charge in [-0.25, -0.2) is 4.79 Å². The second-order valence-electron chi connectivity index (χ2n) is 4.54. The molecule has 0 bridgehead atoms. The standard InChI is InChI=1S/C13H17BrN2O3/c1-3-7-13(2,12(18)19)16-9-6-4-5-8(14)10(9)11(15)17/h4-6,16H,3,7H2,1-2H3,(H2,15,17)(H,18,19). The summed E-state index contributed by atoms with van der Waals surface area (Å²) in [6.45, 7) is 3.49. The molecule has 1 amide bonds. The van der Waals surface area contributed by atoms with E-state index in [4.69, 9.17) is 5.73 Å². The molecule has 6 heteroatoms. The molecule has 0 spiro atoms. The zero-order valence-corrected chi connectivity index (χ0v) is 12.5. The third kappa shape index (κ3) is 3.47. The van der Waals surface area contributed by atoms with Crippen LogP contribution in [-0.4, -0.2) is 22.5 Å². The minimum Gasteiger partial charge on any atom is -0.480 e. The van der Waals surface area contributed by atoms with Crippen molar-refractivity contribution in [3.63, 3.8) is 0 Å². The molecule has 1 aromatic rings. The molecule has 0 aliphatic carbocycles. The fourth-order valence-electron chi connectivity index (χ4n) is 1.90. The number of aliphatic carboxylic acids is 1. The number of anilines is 1. The average molecular weight is 329 g/mol. The van der Waals surface area contributed by atoms with Gasteiger partial charge in [-0.3, -0.25) is 4.79 Å². The number of halogens is 1. The molecule has 4 N–H and O–H groups in total. The normalized spacial score (nSPS) is 13.6. The molecule has 0 fully saturated rings. The molecule has 1 atom stereocenters. The molecule has 1 aromatic carbocycles. The SMILES string of the molecule is CCCC(C)(Nc1cccc(Br)c1C(N)=O)C(=O)O. The molecule has 0 saturated heterocycles. The number of rotatable bonds is 6. The van der Waals surface area contributed by atoms with E-state index in [0.29, 0.717) is 23.0 Å². The molecular weight excluding hydrogens is 312 g/mol. The monoisotopic (exact) mass is 328 g/mol. The van der Waals surface area contributed by atoms with Crippen LogP contribution in [0.2, 0.25) is 0 Å². The van der Waals surface area contributed by atoms with Crippen molar-refractivity contribution < 1.29 is 14.7 Å². The van der Waals surface area contributed by atoms with E-state index in [1.807, 2.05) is 6.92 Å². The number of hydrogen-bond donors (Lipinski definition) is 3. The zero-order chi connectivity index (χ0) is 14.6. The smallest absolute Gasteiger partial charge is 0.329 e. The lowest BCUT2D eigenvalue weighted by Crippen LogP contribution is -2.43. The number of benzene rings is 1. The Morgan fingerprint density at radius 3 is 2.58 bits per heavy atom. The van der Waals surface area contributed by atoms with Crippen molar-refractivity contribution in [2.75, 3.05) is 5.32 Å². The van der Waals surface area contributed by atoms with E-state index in [2.05, 4.69) is 21.2 Å². The predicted molar refractivity (Wildman–Crippen MR) is 77.2 cm³/mol. The summed E-state index contributed by atoms with van der Waals surface area (Å²) in [6.07, 6.45) is 1.14. The summed E-state index contributed by atoms with van der Waals surface area (Å²) in [5, 5.41) is 12.2. The third-order valence-electron chi connectivity index (χ3n) is 2.89. The van der Waals surface area contributed by atoms with Gasteiger partial charge in [-0.05, 0) is 41.4 Å². The van der Waals surface area contributed by atoms with Crippen molar-refractivity contribution in [3.05, 3.63) is 28.2 Å². The van der Waals surface area contributed by atoms with Crippen LogP contribution in [0.15, 0.2) is 22.7 Å². The van der Waals surface area contributed by atoms with Crippen LogP contribution >= 0.6 is 15.9 Å². The third-order valence-corrected chi connectivity index (χ3v) is 3.55. The van der Waals surface area contributed by atoms with Crippen molar-refractivity contribution in [1.29, 1.82) is 0 Å². The summed E-state index contributed by atoms with van der Waals surface area (Å²) in [7, 11) is 0. The highest BCUT2D eigenvalue weighted by Gasteiger charge is 2.33. The summed E-state index contributed by atoms with van der Waals surface area (Å²) in [6, 6.07) is 5.04. The van der Waals surface area contributed by atoms with Crippen molar-refractivity contribution in [2.45, 2.75) is 32.2 Å². The van der Waals surface area contributed by atoms with Crippen LogP contribution in [0.1, 0.15) is 37.0 Å². The van der Waals surface area contributed by atoms with Crippen molar-refractivity contribution in [1.82, 2.24) is 0 Å². The number of primary amides is 1. The highest BCUT2D eigenvalue weighted by atomic mass is 79.9. The fraction of sp³-hybridized carbons (Fsp3) is 0.385. The molecule has 0 heterocycles. The Morgan fingerprint density at radius 2 is 2.11 bits per heavy atom. The molecule has 104 valence electrons. The lowest BCUT2D eigenvalue weighted by molar-refractivity contribution is -0.142. The topological polar surface area (TPSA) is 92.4 Å². The van der Waals surface area contributed by atoms with E-state index in [-0.39, 0.29) is 5.56 Å². The van der Waals surface area contributed by atoms with Crippen molar-refractivity contribution >= 4 is 33.5 Å². The van der Waals surface area contributed by atoms with Crippen molar-refractivity contribution in [2.24, 2.45) is 5.73 Å². The zero-order valence-electron chi connectivity index (χ0n) is 10.9. The fourth-order valence-corrected chi connectivity index (χ4v) is 2.46. The van der Waals surface area contributed by atoms with Crippen LogP contribution in [-0.2, 0) is 4.79 Å². The molecule has 5 nitrogen and oxygen atoms in total. The molecular formula is C13H17BrN2O3. The second kappa shape index (κ2) is 6.06. The minimum atomic E-state index is -1.14. The summed E-state index contributed by atoms with van der Waals surface area (Å²) >= 11 is 3.24. The van der Waals surface area contributed by atoms with Gasteiger partial charge in [0, 0.05) is 10.2 Å². The van der Waals surface area contributed by atoms with Gasteiger partial charge in [-0.15, -0.1) is 0 Å². The quantitative estimate of drug-likeness (QED) is 0.748. The number of carbonyl (C=O) groups excluding carboxylic acids is 1. The first-order valence-corrected chi connectivity index (χ1v) is 6.71. The highest BCUT2D eigenvalue weighted by molar-refractivity contribution is 9.10. The van der Waals surface area contributed by atoms with E-state index in [1.165, 1.54) is 0 Å². The van der Waals surface area contributed by atoms with Gasteiger partial charge in [0.1, 0.15) is 5.54 Å². The van der Waals surface area contributed by atoms with E-state index in [1.54, 1.807) is 25.1 Å². The van der Waals surface area contributed by atoms with Crippen LogP contribution in [0.3, 0.4) is 0 Å². The average Bonchev–Trinajstić information content (AvgIpc) is 2.28. The largest absolute Gasteiger partial charge is 0.480 e. The summed E-state index contributed by atoms with van der Waals surface area (Å²) in [4.78, 5) is 22.9. The lowest BCUT2D eigenvalue weighted by atomic mass is 9.95. The molecule has 1 unspecified atom stereocenters. The Balaban J connectivity index is 3.21. The predicted octanol–water partition coefficient (Wildman–Crippen LogP) is 2.60. The van der Waals surface area contributed by atoms with Gasteiger partial charge in [-0.2, -0.15) is 0 Å². The van der Waals surface area contributed by atoms with Gasteiger partial charge in [0.2, 0.25) is 0 Å². The lowest BCUT2D eigenvalue weighted by Gasteiger charge is -2.28. The van der Waals surface area contributed by atoms with Gasteiger partial charge >= 0.3 is 5.97 Å². The summed E-state index contributed by atoms with van der Waals surface area (Å²) in [5.74, 6) is -1.58. The Morgan fingerprint density at radius 1 is 1.47 bits per heavy atom. The molecule has 0 radical (unpaired) electrons. The van der Waals surface area contributed by atoms with Crippen LogP contribution < -0.4 is 11.1 Å². The Hall–Kier alpha value is -1.56. The maximum Gasteiger partial charge on any atom is 0.329 e. The minimum absolute atomic E-state index is 0.256. The number of amides is 1. The van der Waals surface area contributed by atoms with E-state index in [0.717, 1.165) is 0 Å². The van der Waals surface area contributed by atoms with Gasteiger partial charge in [0.05, 0.1) is 5.56 Å². The molecule has 0 aromatic heterocycles. The van der Waals surface area contributed by atoms with E-state index >= 15 is 0 Å². The molecule has 0 aliphatic heterocycles. The van der Waals surface area contributed by atoms with Gasteiger partial charge in [-0.1, -0.05) is 19.4 Å². The number of carbonyl (C=O) groups is 2. The van der Waals surface area contributed by atoms with Gasteiger partial charge < -0.3 is 16.2 Å². The second-order valence-corrected chi connectivity index (χ2v) is 5.39. The van der Waals surface area contributed by atoms with E-state index < -0.39 is 17.4 Å². The van der Waals surface area contributed by atoms with Crippen LogP contribution in [0.25, 0.3) is 0 Å². The maximum absolute atomic E-state index is 11.5. The highest BCUT2D eigenvalue weighted by Crippen LogP contribution is 2.28. The molecule has 0 aliphatic rings. The summed E-state index contributed by atoms with van der Waals surface area (Å²) in [5.41, 5.74) is 4.86. The Labute approximate surface area is 120 Å². The van der Waals surface area contributed by atoms with Crippen molar-refractivity contribution in [3.8, 4) is 0 Å². The Bertz CT molecular complexity index is 505. The molecule has 19 heavy (non-hydrogen) atoms. The van der Waals surface area contributed by atoms with E-state index in [9.17, 15) is 14.7 Å². The molecule has 1 rings (SSSR count). The number of carboxylic acids is 1. The first kappa shape index (κ1) is 15.5. The molecule has 0 saturated carbocycles. The van der Waals surface area contributed by atoms with Crippen LogP contribution in [0.4, 0.5) is 5.69 Å². The van der Waals surface area contributed by atoms with Gasteiger partial charge in [0.15, 0.2) is 0 Å². The van der Waals surface area contributed by atoms with Crippen LogP contribution in [0, 0.1) is 0 Å².